The van der Waals surface area contributed by atoms with Gasteiger partial charge in [-0.05, 0) is 30.4 Å². The first-order chi connectivity index (χ1) is 13.6. The Labute approximate surface area is 167 Å². The number of benzene rings is 1. The van der Waals surface area contributed by atoms with Crippen LogP contribution in [0.2, 0.25) is 0 Å². The molecule has 1 unspecified atom stereocenters. The minimum absolute atomic E-state index is 0.0206. The van der Waals surface area contributed by atoms with E-state index in [9.17, 15) is 14.4 Å². The van der Waals surface area contributed by atoms with Crippen LogP contribution in [0.4, 0.5) is 5.69 Å². The summed E-state index contributed by atoms with van der Waals surface area (Å²) in [7, 11) is 0. The second kappa shape index (κ2) is 8.10. The largest absolute Gasteiger partial charge is 0.350 e. The summed E-state index contributed by atoms with van der Waals surface area (Å²) < 4.78 is 0. The number of carbonyl (C=O) groups is 3. The lowest BCUT2D eigenvalue weighted by molar-refractivity contribution is -0.136. The minimum Gasteiger partial charge on any atom is -0.350 e. The molecule has 2 aromatic rings. The number of aromatic nitrogens is 1. The molecule has 8 heteroatoms. The van der Waals surface area contributed by atoms with Crippen LogP contribution in [0.3, 0.4) is 0 Å². The highest BCUT2D eigenvalue weighted by Crippen LogP contribution is 2.34. The monoisotopic (exact) mass is 398 g/mol. The molecule has 0 saturated carbocycles. The van der Waals surface area contributed by atoms with Gasteiger partial charge in [-0.1, -0.05) is 18.2 Å². The number of carbonyl (C=O) groups excluding carboxylic acids is 3. The van der Waals surface area contributed by atoms with E-state index in [1.165, 1.54) is 11.3 Å². The van der Waals surface area contributed by atoms with Crippen LogP contribution >= 0.6 is 11.3 Å². The fourth-order valence-electron chi connectivity index (χ4n) is 3.86. The van der Waals surface area contributed by atoms with Crippen LogP contribution in [0, 0.1) is 5.92 Å². The van der Waals surface area contributed by atoms with E-state index in [1.807, 2.05) is 29.2 Å². The van der Waals surface area contributed by atoms with Crippen molar-refractivity contribution >= 4 is 34.7 Å². The van der Waals surface area contributed by atoms with Crippen molar-refractivity contribution in [1.82, 2.24) is 15.2 Å². The molecule has 0 aliphatic carbocycles. The fraction of sp³-hybridized carbons (Fsp3) is 0.400. The number of fused-ring (bicyclic) bond motifs is 1. The molecule has 0 bridgehead atoms. The second-order valence-electron chi connectivity index (χ2n) is 7.24. The zero-order valence-corrected chi connectivity index (χ0v) is 16.2. The van der Waals surface area contributed by atoms with Crippen molar-refractivity contribution < 1.29 is 14.4 Å². The van der Waals surface area contributed by atoms with E-state index < -0.39 is 5.92 Å². The number of thiazole rings is 1. The van der Waals surface area contributed by atoms with Gasteiger partial charge >= 0.3 is 0 Å². The molecule has 7 nitrogen and oxygen atoms in total. The number of hydrogen-bond donors (Lipinski definition) is 2. The number of nitrogens with zero attached hydrogens (tertiary/aromatic N) is 2. The molecule has 1 aromatic heterocycles. The Morgan fingerprint density at radius 2 is 2.04 bits per heavy atom. The molecule has 0 radical (unpaired) electrons. The Hall–Kier alpha value is -2.74. The number of nitrogens with one attached hydrogen (secondary N) is 2. The van der Waals surface area contributed by atoms with Gasteiger partial charge in [-0.2, -0.15) is 0 Å². The third-order valence-corrected chi connectivity index (χ3v) is 6.03. The Balaban J connectivity index is 1.32. The topological polar surface area (TPSA) is 91.4 Å². The quantitative estimate of drug-likeness (QED) is 0.826. The first-order valence-electron chi connectivity index (χ1n) is 9.46. The smallest absolute Gasteiger partial charge is 0.270 e. The zero-order chi connectivity index (χ0) is 19.5. The summed E-state index contributed by atoms with van der Waals surface area (Å²) in [6.07, 6.45) is 1.87. The lowest BCUT2D eigenvalue weighted by Crippen LogP contribution is -2.44. The van der Waals surface area contributed by atoms with Crippen LogP contribution in [0.15, 0.2) is 35.2 Å². The van der Waals surface area contributed by atoms with Gasteiger partial charge in [-0.3, -0.25) is 14.4 Å². The Bertz CT molecular complexity index is 875. The van der Waals surface area contributed by atoms with E-state index in [4.69, 9.17) is 0 Å². The van der Waals surface area contributed by atoms with Gasteiger partial charge in [-0.15, -0.1) is 11.3 Å². The van der Waals surface area contributed by atoms with E-state index in [0.29, 0.717) is 31.2 Å². The van der Waals surface area contributed by atoms with Crippen LogP contribution in [-0.4, -0.2) is 47.2 Å². The molecule has 2 aliphatic rings. The molecule has 2 N–H and O–H groups in total. The van der Waals surface area contributed by atoms with Gasteiger partial charge in [-0.25, -0.2) is 4.98 Å². The highest BCUT2D eigenvalue weighted by atomic mass is 32.1. The summed E-state index contributed by atoms with van der Waals surface area (Å²) in [5, 5.41) is 7.50. The summed E-state index contributed by atoms with van der Waals surface area (Å²) in [6.45, 7) is 1.89. The zero-order valence-electron chi connectivity index (χ0n) is 15.4. The molecular formula is C20H22N4O3S. The van der Waals surface area contributed by atoms with E-state index in [1.54, 1.807) is 10.9 Å². The standard InChI is InChI=1S/C20H22N4O3S/c25-18-9-15(14-3-1-2-4-16(14)23-18)20(27)24-7-5-13(6-8-24)10-21-19(26)17-11-28-12-22-17/h1-4,11-13,15H,5-10H2,(H,21,26)(H,23,25). The number of likely N-dealkylation sites (tertiary alicyclic amines) is 1. The molecule has 1 atom stereocenters. The maximum Gasteiger partial charge on any atom is 0.270 e. The van der Waals surface area contributed by atoms with Crippen molar-refractivity contribution in [2.24, 2.45) is 5.92 Å². The highest BCUT2D eigenvalue weighted by Gasteiger charge is 2.34. The van der Waals surface area contributed by atoms with Crippen LogP contribution < -0.4 is 10.6 Å². The van der Waals surface area contributed by atoms with Crippen molar-refractivity contribution in [1.29, 1.82) is 0 Å². The molecule has 2 aliphatic heterocycles. The van der Waals surface area contributed by atoms with Crippen LogP contribution in [0.25, 0.3) is 0 Å². The van der Waals surface area contributed by atoms with Crippen molar-refractivity contribution in [2.45, 2.75) is 25.2 Å². The SMILES string of the molecule is O=C1CC(C(=O)N2CCC(CNC(=O)c3cscn3)CC2)c2ccccc2N1. The van der Waals surface area contributed by atoms with E-state index in [0.717, 1.165) is 24.1 Å². The van der Waals surface area contributed by atoms with Gasteiger partial charge in [0.2, 0.25) is 11.8 Å². The maximum atomic E-state index is 13.1. The van der Waals surface area contributed by atoms with Crippen molar-refractivity contribution in [3.63, 3.8) is 0 Å². The lowest BCUT2D eigenvalue weighted by Gasteiger charge is -2.35. The predicted octanol–water partition coefficient (Wildman–Crippen LogP) is 2.24. The molecule has 4 rings (SSSR count). The molecule has 146 valence electrons. The Kier molecular flexibility index (Phi) is 5.38. The number of piperidine rings is 1. The van der Waals surface area contributed by atoms with E-state index >= 15 is 0 Å². The maximum absolute atomic E-state index is 13.1. The molecule has 3 heterocycles. The van der Waals surface area contributed by atoms with Crippen molar-refractivity contribution in [2.75, 3.05) is 25.0 Å². The number of anilines is 1. The first-order valence-corrected chi connectivity index (χ1v) is 10.4. The number of amides is 3. The Morgan fingerprint density at radius 1 is 1.25 bits per heavy atom. The molecular weight excluding hydrogens is 376 g/mol. The number of hydrogen-bond acceptors (Lipinski definition) is 5. The van der Waals surface area contributed by atoms with Gasteiger partial charge in [0.05, 0.1) is 11.4 Å². The predicted molar refractivity (Wildman–Crippen MR) is 106 cm³/mol. The van der Waals surface area contributed by atoms with Gasteiger partial charge in [0, 0.05) is 37.1 Å². The second-order valence-corrected chi connectivity index (χ2v) is 7.96. The van der Waals surface area contributed by atoms with Crippen LogP contribution in [0.5, 0.6) is 0 Å². The van der Waals surface area contributed by atoms with Gasteiger partial charge in [0.15, 0.2) is 0 Å². The van der Waals surface area contributed by atoms with E-state index in [-0.39, 0.29) is 24.1 Å². The summed E-state index contributed by atoms with van der Waals surface area (Å²) in [5.74, 6) is -0.312. The normalized spacial score (nSPS) is 19.6. The summed E-state index contributed by atoms with van der Waals surface area (Å²) in [4.78, 5) is 42.9. The minimum atomic E-state index is -0.411. The van der Waals surface area contributed by atoms with Crippen molar-refractivity contribution in [3.8, 4) is 0 Å². The number of rotatable bonds is 4. The average Bonchev–Trinajstić information content (AvgIpc) is 3.26. The molecule has 1 aromatic carbocycles. The summed E-state index contributed by atoms with van der Waals surface area (Å²) in [6, 6.07) is 7.51. The third-order valence-electron chi connectivity index (χ3n) is 5.44. The fourth-order valence-corrected chi connectivity index (χ4v) is 4.39. The molecule has 0 spiro atoms. The highest BCUT2D eigenvalue weighted by molar-refractivity contribution is 7.07. The molecule has 28 heavy (non-hydrogen) atoms. The van der Waals surface area contributed by atoms with Crippen LogP contribution in [-0.2, 0) is 9.59 Å². The van der Waals surface area contributed by atoms with Crippen LogP contribution in [0.1, 0.15) is 41.2 Å². The van der Waals surface area contributed by atoms with Gasteiger partial charge in [0.1, 0.15) is 5.69 Å². The van der Waals surface area contributed by atoms with Gasteiger partial charge < -0.3 is 15.5 Å². The first kappa shape index (κ1) is 18.6. The van der Waals surface area contributed by atoms with Gasteiger partial charge in [0.25, 0.3) is 5.91 Å². The summed E-state index contributed by atoms with van der Waals surface area (Å²) >= 11 is 1.40. The molecule has 3 amide bonds. The molecule has 1 fully saturated rings. The summed E-state index contributed by atoms with van der Waals surface area (Å²) in [5.41, 5.74) is 3.72. The molecule has 1 saturated heterocycles. The van der Waals surface area contributed by atoms with E-state index in [2.05, 4.69) is 15.6 Å². The van der Waals surface area contributed by atoms with Crippen molar-refractivity contribution in [3.05, 3.63) is 46.4 Å². The lowest BCUT2D eigenvalue weighted by atomic mass is 9.88. The third kappa shape index (κ3) is 3.91. The average molecular weight is 398 g/mol. The Morgan fingerprint density at radius 3 is 2.79 bits per heavy atom. The number of para-hydroxylation sites is 1.